The number of hydrogen-bond acceptors (Lipinski definition) is 3. The molecule has 0 aliphatic heterocycles. The van der Waals surface area contributed by atoms with Crippen LogP contribution in [0.4, 0.5) is 0 Å². The molecule has 4 rings (SSSR count). The molecule has 21 heavy (non-hydrogen) atoms. The normalized spacial score (nSPS) is 13.4. The summed E-state index contributed by atoms with van der Waals surface area (Å²) in [6.45, 7) is 1.99. The van der Waals surface area contributed by atoms with Crippen molar-refractivity contribution in [3.8, 4) is 0 Å². The van der Waals surface area contributed by atoms with Crippen LogP contribution in [0, 0.1) is 0 Å². The van der Waals surface area contributed by atoms with Gasteiger partial charge in [-0.25, -0.2) is 4.98 Å². The molecule has 4 heteroatoms. The van der Waals surface area contributed by atoms with Crippen molar-refractivity contribution in [2.45, 2.75) is 13.3 Å². The Morgan fingerprint density at radius 1 is 0.952 bits per heavy atom. The number of aromatic amines is 1. The number of carbonyl (C=O) groups is 2. The quantitative estimate of drug-likeness (QED) is 0.581. The van der Waals surface area contributed by atoms with Crippen LogP contribution in [0.2, 0.25) is 0 Å². The first-order chi connectivity index (χ1) is 10.2. The average Bonchev–Trinajstić information content (AvgIpc) is 2.95. The summed E-state index contributed by atoms with van der Waals surface area (Å²) >= 11 is 0. The number of hydrogen-bond donors (Lipinski definition) is 1. The van der Waals surface area contributed by atoms with Gasteiger partial charge in [-0.2, -0.15) is 0 Å². The van der Waals surface area contributed by atoms with Gasteiger partial charge in [0.15, 0.2) is 11.6 Å². The Morgan fingerprint density at radius 3 is 2.38 bits per heavy atom. The molecule has 3 aromatic rings. The van der Waals surface area contributed by atoms with Crippen LogP contribution in [0.15, 0.2) is 36.4 Å². The highest BCUT2D eigenvalue weighted by Crippen LogP contribution is 2.31. The summed E-state index contributed by atoms with van der Waals surface area (Å²) in [5, 5.41) is 0. The molecule has 0 spiro atoms. The van der Waals surface area contributed by atoms with Gasteiger partial charge in [-0.1, -0.05) is 31.2 Å². The van der Waals surface area contributed by atoms with Crippen molar-refractivity contribution < 1.29 is 9.59 Å². The van der Waals surface area contributed by atoms with Crippen LogP contribution in [0.25, 0.3) is 11.0 Å². The number of aryl methyl sites for hydroxylation is 1. The van der Waals surface area contributed by atoms with Gasteiger partial charge in [0.2, 0.25) is 0 Å². The standard InChI is InChI=1S/C17H12N2O2/c1-2-13-18-12-8-7-11-14(15(12)19-13)17(21)10-6-4-3-5-9(10)16(11)20/h3-8H,2H2,1H3,(H,18,19). The minimum Gasteiger partial charge on any atom is -0.342 e. The lowest BCUT2D eigenvalue weighted by atomic mass is 9.83. The molecule has 0 saturated carbocycles. The zero-order valence-corrected chi connectivity index (χ0v) is 11.4. The van der Waals surface area contributed by atoms with Gasteiger partial charge in [-0.15, -0.1) is 0 Å². The lowest BCUT2D eigenvalue weighted by Crippen LogP contribution is -2.21. The minimum absolute atomic E-state index is 0.108. The summed E-state index contributed by atoms with van der Waals surface area (Å²) in [7, 11) is 0. The van der Waals surface area contributed by atoms with Crippen LogP contribution < -0.4 is 0 Å². The molecule has 0 radical (unpaired) electrons. The fourth-order valence-corrected chi connectivity index (χ4v) is 2.87. The largest absolute Gasteiger partial charge is 0.342 e. The zero-order chi connectivity index (χ0) is 14.6. The van der Waals surface area contributed by atoms with E-state index in [9.17, 15) is 9.59 Å². The monoisotopic (exact) mass is 276 g/mol. The van der Waals surface area contributed by atoms with Crippen molar-refractivity contribution in [2.24, 2.45) is 0 Å². The number of imidazole rings is 1. The van der Waals surface area contributed by atoms with Crippen molar-refractivity contribution in [1.82, 2.24) is 9.97 Å². The maximum Gasteiger partial charge on any atom is 0.196 e. The van der Waals surface area contributed by atoms with E-state index in [0.717, 1.165) is 17.8 Å². The van der Waals surface area contributed by atoms with E-state index in [0.29, 0.717) is 27.8 Å². The van der Waals surface area contributed by atoms with Crippen LogP contribution >= 0.6 is 0 Å². The Bertz CT molecular complexity index is 922. The fourth-order valence-electron chi connectivity index (χ4n) is 2.87. The SMILES string of the molecule is CCc1nc2c3c(ccc2[nH]1)C(=O)c1ccccc1C3=O. The second-order valence-electron chi connectivity index (χ2n) is 5.13. The van der Waals surface area contributed by atoms with Crippen LogP contribution in [-0.4, -0.2) is 21.5 Å². The Labute approximate surface area is 120 Å². The number of rotatable bonds is 1. The second kappa shape index (κ2) is 4.12. The number of H-pyrrole nitrogens is 1. The Hall–Kier alpha value is -2.75. The van der Waals surface area contributed by atoms with E-state index in [1.807, 2.05) is 13.0 Å². The molecule has 1 heterocycles. The minimum atomic E-state index is -0.125. The predicted molar refractivity (Wildman–Crippen MR) is 78.8 cm³/mol. The number of nitrogens with zero attached hydrogens (tertiary/aromatic N) is 1. The van der Waals surface area contributed by atoms with Crippen molar-refractivity contribution in [2.75, 3.05) is 0 Å². The molecule has 2 aromatic carbocycles. The van der Waals surface area contributed by atoms with Crippen molar-refractivity contribution >= 4 is 22.6 Å². The van der Waals surface area contributed by atoms with Gasteiger partial charge in [0.1, 0.15) is 11.3 Å². The smallest absolute Gasteiger partial charge is 0.196 e. The van der Waals surface area contributed by atoms with Crippen molar-refractivity contribution in [1.29, 1.82) is 0 Å². The molecule has 1 N–H and O–H groups in total. The molecule has 1 aliphatic carbocycles. The number of ketones is 2. The Kier molecular flexibility index (Phi) is 2.36. The Balaban J connectivity index is 2.08. The molecule has 0 atom stereocenters. The van der Waals surface area contributed by atoms with Crippen LogP contribution in [-0.2, 0) is 6.42 Å². The number of nitrogens with one attached hydrogen (secondary N) is 1. The van der Waals surface area contributed by atoms with Gasteiger partial charge in [-0.05, 0) is 12.1 Å². The highest BCUT2D eigenvalue weighted by atomic mass is 16.1. The molecule has 0 amide bonds. The number of fused-ring (bicyclic) bond motifs is 4. The molecular weight excluding hydrogens is 264 g/mol. The third-order valence-corrected chi connectivity index (χ3v) is 3.93. The van der Waals surface area contributed by atoms with Gasteiger partial charge < -0.3 is 4.98 Å². The molecule has 1 aliphatic rings. The number of aromatic nitrogens is 2. The average molecular weight is 276 g/mol. The fraction of sp³-hybridized carbons (Fsp3) is 0.118. The topological polar surface area (TPSA) is 62.8 Å². The molecule has 0 bridgehead atoms. The van der Waals surface area contributed by atoms with E-state index in [1.165, 1.54) is 0 Å². The third kappa shape index (κ3) is 1.53. The van der Waals surface area contributed by atoms with Gasteiger partial charge in [-0.3, -0.25) is 9.59 Å². The van der Waals surface area contributed by atoms with Crippen LogP contribution in [0.5, 0.6) is 0 Å². The highest BCUT2D eigenvalue weighted by molar-refractivity contribution is 6.31. The first kappa shape index (κ1) is 12.0. The molecule has 0 unspecified atom stereocenters. The molecule has 0 saturated heterocycles. The van der Waals surface area contributed by atoms with E-state index in [1.54, 1.807) is 30.3 Å². The number of carbonyl (C=O) groups excluding carboxylic acids is 2. The van der Waals surface area contributed by atoms with Gasteiger partial charge in [0, 0.05) is 23.1 Å². The second-order valence-corrected chi connectivity index (χ2v) is 5.13. The first-order valence-corrected chi connectivity index (χ1v) is 6.90. The number of benzene rings is 2. The maximum atomic E-state index is 12.8. The van der Waals surface area contributed by atoms with Crippen LogP contribution in [0.1, 0.15) is 44.6 Å². The van der Waals surface area contributed by atoms with E-state index < -0.39 is 0 Å². The zero-order valence-electron chi connectivity index (χ0n) is 11.4. The summed E-state index contributed by atoms with van der Waals surface area (Å²) in [5.74, 6) is 0.584. The van der Waals surface area contributed by atoms with E-state index >= 15 is 0 Å². The summed E-state index contributed by atoms with van der Waals surface area (Å²) < 4.78 is 0. The summed E-state index contributed by atoms with van der Waals surface area (Å²) in [5.41, 5.74) is 3.19. The molecule has 0 fully saturated rings. The summed E-state index contributed by atoms with van der Waals surface area (Å²) in [4.78, 5) is 33.0. The molecule has 4 nitrogen and oxygen atoms in total. The van der Waals surface area contributed by atoms with E-state index in [-0.39, 0.29) is 11.6 Å². The molecule has 102 valence electrons. The van der Waals surface area contributed by atoms with E-state index in [4.69, 9.17) is 0 Å². The molecular formula is C17H12N2O2. The lowest BCUT2D eigenvalue weighted by molar-refractivity contribution is 0.0980. The van der Waals surface area contributed by atoms with Gasteiger partial charge >= 0.3 is 0 Å². The first-order valence-electron chi connectivity index (χ1n) is 6.90. The third-order valence-electron chi connectivity index (χ3n) is 3.93. The summed E-state index contributed by atoms with van der Waals surface area (Å²) in [6, 6.07) is 10.5. The van der Waals surface area contributed by atoms with Crippen molar-refractivity contribution in [3.63, 3.8) is 0 Å². The van der Waals surface area contributed by atoms with Crippen LogP contribution in [0.3, 0.4) is 0 Å². The Morgan fingerprint density at radius 2 is 1.67 bits per heavy atom. The molecule has 1 aromatic heterocycles. The lowest BCUT2D eigenvalue weighted by Gasteiger charge is -2.17. The predicted octanol–water partition coefficient (Wildman–Crippen LogP) is 2.90. The highest BCUT2D eigenvalue weighted by Gasteiger charge is 2.31. The van der Waals surface area contributed by atoms with Crippen molar-refractivity contribution in [3.05, 3.63) is 64.5 Å². The summed E-state index contributed by atoms with van der Waals surface area (Å²) in [6.07, 6.45) is 0.752. The van der Waals surface area contributed by atoms with Gasteiger partial charge in [0.05, 0.1) is 11.1 Å². The maximum absolute atomic E-state index is 12.8. The van der Waals surface area contributed by atoms with E-state index in [2.05, 4.69) is 9.97 Å². The van der Waals surface area contributed by atoms with Gasteiger partial charge in [0.25, 0.3) is 0 Å².